The summed E-state index contributed by atoms with van der Waals surface area (Å²) >= 11 is 0. The Balaban J connectivity index is 2.06. The van der Waals surface area contributed by atoms with E-state index < -0.39 is 0 Å². The van der Waals surface area contributed by atoms with Crippen molar-refractivity contribution >= 4 is 5.69 Å². The molecular weight excluding hydrogens is 252 g/mol. The molecule has 0 unspecified atom stereocenters. The predicted octanol–water partition coefficient (Wildman–Crippen LogP) is 3.86. The molecule has 0 saturated heterocycles. The van der Waals surface area contributed by atoms with Crippen LogP contribution in [0, 0.1) is 18.3 Å². The Labute approximate surface area is 119 Å². The van der Waals surface area contributed by atoms with Crippen molar-refractivity contribution in [3.8, 4) is 11.8 Å². The zero-order chi connectivity index (χ0) is 14.4. The van der Waals surface area contributed by atoms with Crippen LogP contribution in [-0.4, -0.2) is 6.61 Å². The lowest BCUT2D eigenvalue weighted by Crippen LogP contribution is -2.03. The molecule has 2 aromatic rings. The lowest BCUT2D eigenvalue weighted by molar-refractivity contribution is 0.318. The minimum atomic E-state index is 0.327. The van der Waals surface area contributed by atoms with Crippen LogP contribution in [0.3, 0.4) is 0 Å². The molecule has 0 fully saturated rings. The summed E-state index contributed by atoms with van der Waals surface area (Å²) in [7, 11) is 0. The number of anilines is 1. The highest BCUT2D eigenvalue weighted by molar-refractivity contribution is 5.57. The highest BCUT2D eigenvalue weighted by atomic mass is 16.5. The Hall–Kier alpha value is -2.41. The second-order valence-corrected chi connectivity index (χ2v) is 4.58. The van der Waals surface area contributed by atoms with Gasteiger partial charge in [-0.25, -0.2) is 0 Å². The fraction of sp³-hybridized carbons (Fsp3) is 0.312. The number of nitriles is 1. The Bertz CT molecular complexity index is 611. The van der Waals surface area contributed by atoms with Crippen molar-refractivity contribution in [3.63, 3.8) is 0 Å². The van der Waals surface area contributed by atoms with Crippen molar-refractivity contribution in [1.29, 1.82) is 5.26 Å². The summed E-state index contributed by atoms with van der Waals surface area (Å²) in [4.78, 5) is 0. The average molecular weight is 270 g/mol. The molecule has 104 valence electrons. The summed E-state index contributed by atoms with van der Waals surface area (Å²) < 4.78 is 11.1. The molecule has 0 aliphatic heterocycles. The summed E-state index contributed by atoms with van der Waals surface area (Å²) in [5.74, 6) is 1.90. The fourth-order valence-corrected chi connectivity index (χ4v) is 1.82. The number of nitrogens with zero attached hydrogens (tertiary/aromatic N) is 1. The summed E-state index contributed by atoms with van der Waals surface area (Å²) in [6.07, 6.45) is 0.969. The second kappa shape index (κ2) is 6.67. The maximum atomic E-state index is 8.72. The zero-order valence-corrected chi connectivity index (χ0v) is 11.8. The van der Waals surface area contributed by atoms with E-state index in [1.807, 2.05) is 31.2 Å². The number of nitrogens with one attached hydrogen (secondary N) is 1. The van der Waals surface area contributed by atoms with Crippen molar-refractivity contribution in [3.05, 3.63) is 47.4 Å². The van der Waals surface area contributed by atoms with E-state index in [1.165, 1.54) is 0 Å². The van der Waals surface area contributed by atoms with E-state index in [9.17, 15) is 0 Å². The highest BCUT2D eigenvalue weighted by Crippen LogP contribution is 2.26. The molecule has 0 radical (unpaired) electrons. The summed E-state index contributed by atoms with van der Waals surface area (Å²) in [6, 6.07) is 11.5. The van der Waals surface area contributed by atoms with E-state index in [2.05, 4.69) is 12.2 Å². The van der Waals surface area contributed by atoms with E-state index >= 15 is 0 Å². The fourth-order valence-electron chi connectivity index (χ4n) is 1.82. The van der Waals surface area contributed by atoms with E-state index in [4.69, 9.17) is 14.4 Å². The molecule has 0 aliphatic carbocycles. The van der Waals surface area contributed by atoms with Gasteiger partial charge in [-0.15, -0.1) is 0 Å². The standard InChI is InChI=1S/C16H18N2O2/c1-3-8-19-16-9-12(2)4-7-15(16)18-11-14-6-5-13(10-17)20-14/h4-7,9,18H,3,8,11H2,1-2H3. The molecule has 0 aliphatic rings. The SMILES string of the molecule is CCCOc1cc(C)ccc1NCc1ccc(C#N)o1. The van der Waals surface area contributed by atoms with Crippen molar-refractivity contribution < 1.29 is 9.15 Å². The van der Waals surface area contributed by atoms with Crippen molar-refractivity contribution in [2.45, 2.75) is 26.8 Å². The first-order chi connectivity index (χ1) is 9.72. The van der Waals surface area contributed by atoms with Crippen molar-refractivity contribution in [2.24, 2.45) is 0 Å². The zero-order valence-electron chi connectivity index (χ0n) is 11.8. The molecule has 1 aromatic carbocycles. The second-order valence-electron chi connectivity index (χ2n) is 4.58. The van der Waals surface area contributed by atoms with E-state index in [0.29, 0.717) is 18.9 Å². The molecule has 0 bridgehead atoms. The first-order valence-corrected chi connectivity index (χ1v) is 6.69. The lowest BCUT2D eigenvalue weighted by atomic mass is 10.2. The number of hydrogen-bond donors (Lipinski definition) is 1. The van der Waals surface area contributed by atoms with Crippen LogP contribution >= 0.6 is 0 Å². The Morgan fingerprint density at radius 3 is 2.85 bits per heavy atom. The van der Waals surface area contributed by atoms with Gasteiger partial charge in [0.2, 0.25) is 5.76 Å². The molecule has 4 nitrogen and oxygen atoms in total. The highest BCUT2D eigenvalue weighted by Gasteiger charge is 2.06. The number of aryl methyl sites for hydroxylation is 1. The quantitative estimate of drug-likeness (QED) is 0.865. The van der Waals surface area contributed by atoms with Gasteiger partial charge in [-0.1, -0.05) is 13.0 Å². The lowest BCUT2D eigenvalue weighted by Gasteiger charge is -2.13. The third-order valence-electron chi connectivity index (χ3n) is 2.82. The van der Waals surface area contributed by atoms with Crippen LogP contribution in [-0.2, 0) is 6.54 Å². The van der Waals surface area contributed by atoms with E-state index in [-0.39, 0.29) is 0 Å². The number of ether oxygens (including phenoxy) is 1. The average Bonchev–Trinajstić information content (AvgIpc) is 2.92. The van der Waals surface area contributed by atoms with Crippen LogP contribution in [0.25, 0.3) is 0 Å². The van der Waals surface area contributed by atoms with Gasteiger partial charge in [0.25, 0.3) is 0 Å². The molecule has 20 heavy (non-hydrogen) atoms. The van der Waals surface area contributed by atoms with Crippen LogP contribution in [0.5, 0.6) is 5.75 Å². The summed E-state index contributed by atoms with van der Waals surface area (Å²) in [6.45, 7) is 5.33. The predicted molar refractivity (Wildman–Crippen MR) is 77.7 cm³/mol. The van der Waals surface area contributed by atoms with Gasteiger partial charge in [-0.05, 0) is 43.2 Å². The van der Waals surface area contributed by atoms with Gasteiger partial charge in [0, 0.05) is 0 Å². The van der Waals surface area contributed by atoms with Crippen LogP contribution in [0.15, 0.2) is 34.7 Å². The Morgan fingerprint density at radius 2 is 2.15 bits per heavy atom. The van der Waals surface area contributed by atoms with E-state index in [1.54, 1.807) is 12.1 Å². The van der Waals surface area contributed by atoms with Crippen molar-refractivity contribution in [1.82, 2.24) is 0 Å². The molecule has 1 aromatic heterocycles. The number of hydrogen-bond acceptors (Lipinski definition) is 4. The molecule has 1 heterocycles. The smallest absolute Gasteiger partial charge is 0.203 e. The van der Waals surface area contributed by atoms with Crippen molar-refractivity contribution in [2.75, 3.05) is 11.9 Å². The molecule has 0 amide bonds. The molecule has 4 heteroatoms. The monoisotopic (exact) mass is 270 g/mol. The van der Waals surface area contributed by atoms with Gasteiger partial charge in [-0.3, -0.25) is 0 Å². The topological polar surface area (TPSA) is 58.2 Å². The third-order valence-corrected chi connectivity index (χ3v) is 2.82. The minimum Gasteiger partial charge on any atom is -0.491 e. The normalized spacial score (nSPS) is 10.1. The number of benzene rings is 1. The van der Waals surface area contributed by atoms with Crippen LogP contribution in [0.2, 0.25) is 0 Å². The first-order valence-electron chi connectivity index (χ1n) is 6.69. The summed E-state index contributed by atoms with van der Waals surface area (Å²) in [5.41, 5.74) is 2.09. The molecule has 0 atom stereocenters. The molecular formula is C16H18N2O2. The largest absolute Gasteiger partial charge is 0.491 e. The van der Waals surface area contributed by atoms with Gasteiger partial charge in [0.15, 0.2) is 0 Å². The maximum Gasteiger partial charge on any atom is 0.203 e. The van der Waals surface area contributed by atoms with Crippen LogP contribution in [0.1, 0.15) is 30.4 Å². The molecule has 1 N–H and O–H groups in total. The molecule has 2 rings (SSSR count). The van der Waals surface area contributed by atoms with Gasteiger partial charge < -0.3 is 14.5 Å². The van der Waals surface area contributed by atoms with Gasteiger partial charge in [0.1, 0.15) is 17.6 Å². The first kappa shape index (κ1) is 14.0. The van der Waals surface area contributed by atoms with Crippen LogP contribution in [0.4, 0.5) is 5.69 Å². The van der Waals surface area contributed by atoms with E-state index in [0.717, 1.165) is 29.2 Å². The number of rotatable bonds is 6. The summed E-state index contributed by atoms with van der Waals surface area (Å²) in [5, 5.41) is 12.0. The molecule has 0 saturated carbocycles. The maximum absolute atomic E-state index is 8.72. The van der Waals surface area contributed by atoms with Gasteiger partial charge in [0.05, 0.1) is 18.8 Å². The Morgan fingerprint density at radius 1 is 1.30 bits per heavy atom. The van der Waals surface area contributed by atoms with Gasteiger partial charge in [-0.2, -0.15) is 5.26 Å². The van der Waals surface area contributed by atoms with Crippen LogP contribution < -0.4 is 10.1 Å². The Kier molecular flexibility index (Phi) is 4.67. The minimum absolute atomic E-state index is 0.327. The third kappa shape index (κ3) is 3.55. The number of furan rings is 1. The van der Waals surface area contributed by atoms with Gasteiger partial charge >= 0.3 is 0 Å². The molecule has 0 spiro atoms.